The second-order valence-electron chi connectivity index (χ2n) is 3.01. The lowest BCUT2D eigenvalue weighted by molar-refractivity contribution is 0.425. The van der Waals surface area contributed by atoms with E-state index in [9.17, 15) is 0 Å². The van der Waals surface area contributed by atoms with Crippen LogP contribution in [0.4, 0.5) is 0 Å². The molecule has 3 nitrogen and oxygen atoms in total. The lowest BCUT2D eigenvalue weighted by atomic mass is 10.1. The van der Waals surface area contributed by atoms with Gasteiger partial charge in [-0.15, -0.1) is 0 Å². The summed E-state index contributed by atoms with van der Waals surface area (Å²) >= 11 is 0. The molecule has 1 aromatic carbocycles. The van der Waals surface area contributed by atoms with Gasteiger partial charge in [-0.3, -0.25) is 0 Å². The number of benzene rings is 1. The Morgan fingerprint density at radius 3 is 2.21 bits per heavy atom. The van der Waals surface area contributed by atoms with Crippen LogP contribution in [-0.4, -0.2) is 10.1 Å². The summed E-state index contributed by atoms with van der Waals surface area (Å²) in [5.74, 6) is 1.24. The molecule has 0 aliphatic carbocycles. The van der Waals surface area contributed by atoms with E-state index >= 15 is 0 Å². The van der Waals surface area contributed by atoms with Gasteiger partial charge < -0.3 is 4.52 Å². The van der Waals surface area contributed by atoms with Gasteiger partial charge in [0.05, 0.1) is 0 Å². The molecular weight excluding hydrogens is 176 g/mol. The van der Waals surface area contributed by atoms with Gasteiger partial charge in [-0.05, 0) is 26.0 Å². The molecule has 1 aromatic heterocycles. The standard InChI is InChI=1S/C10H10N2O.CH4/c1-7-3-5-9(6-4-7)10-11-8(2)12-13-10;/h3-6H,1-2H3;1H4. The molecule has 0 saturated carbocycles. The van der Waals surface area contributed by atoms with Crippen LogP contribution in [0.25, 0.3) is 11.5 Å². The molecule has 14 heavy (non-hydrogen) atoms. The predicted octanol–water partition coefficient (Wildman–Crippen LogP) is 2.99. The summed E-state index contributed by atoms with van der Waals surface area (Å²) in [6.07, 6.45) is 0. The number of aryl methyl sites for hydroxylation is 2. The SMILES string of the molecule is C.Cc1ccc(-c2nc(C)no2)cc1. The fourth-order valence-electron chi connectivity index (χ4n) is 1.11. The van der Waals surface area contributed by atoms with E-state index in [1.807, 2.05) is 31.2 Å². The van der Waals surface area contributed by atoms with Crippen LogP contribution in [0.3, 0.4) is 0 Å². The molecule has 0 atom stereocenters. The van der Waals surface area contributed by atoms with E-state index in [4.69, 9.17) is 4.52 Å². The zero-order valence-corrected chi connectivity index (χ0v) is 7.61. The van der Waals surface area contributed by atoms with Crippen molar-refractivity contribution in [2.45, 2.75) is 21.3 Å². The second kappa shape index (κ2) is 4.05. The largest absolute Gasteiger partial charge is 0.334 e. The van der Waals surface area contributed by atoms with E-state index in [0.29, 0.717) is 11.7 Å². The fraction of sp³-hybridized carbons (Fsp3) is 0.273. The summed E-state index contributed by atoms with van der Waals surface area (Å²) in [6, 6.07) is 7.99. The zero-order valence-electron chi connectivity index (χ0n) is 7.61. The predicted molar refractivity (Wildman–Crippen MR) is 55.9 cm³/mol. The smallest absolute Gasteiger partial charge is 0.257 e. The average molecular weight is 190 g/mol. The van der Waals surface area contributed by atoms with Crippen LogP contribution in [0.5, 0.6) is 0 Å². The van der Waals surface area contributed by atoms with Crippen LogP contribution in [0.15, 0.2) is 28.8 Å². The van der Waals surface area contributed by atoms with Gasteiger partial charge in [0.25, 0.3) is 5.89 Å². The van der Waals surface area contributed by atoms with Gasteiger partial charge in [-0.25, -0.2) is 0 Å². The highest BCUT2D eigenvalue weighted by molar-refractivity contribution is 5.52. The maximum Gasteiger partial charge on any atom is 0.257 e. The summed E-state index contributed by atoms with van der Waals surface area (Å²) < 4.78 is 5.03. The minimum Gasteiger partial charge on any atom is -0.334 e. The van der Waals surface area contributed by atoms with E-state index in [-0.39, 0.29) is 7.43 Å². The molecular formula is C11H14N2O. The Balaban J connectivity index is 0.000000980. The Morgan fingerprint density at radius 2 is 1.71 bits per heavy atom. The number of hydrogen-bond acceptors (Lipinski definition) is 3. The summed E-state index contributed by atoms with van der Waals surface area (Å²) in [7, 11) is 0. The molecule has 0 bridgehead atoms. The summed E-state index contributed by atoms with van der Waals surface area (Å²) in [4.78, 5) is 4.13. The van der Waals surface area contributed by atoms with E-state index in [1.54, 1.807) is 6.92 Å². The molecule has 3 heteroatoms. The minimum atomic E-state index is 0. The molecule has 0 fully saturated rings. The molecule has 0 aliphatic heterocycles. The van der Waals surface area contributed by atoms with Crippen molar-refractivity contribution in [1.29, 1.82) is 0 Å². The number of aromatic nitrogens is 2. The number of hydrogen-bond donors (Lipinski definition) is 0. The normalized spacial score (nSPS) is 9.57. The Labute approximate surface area is 83.8 Å². The van der Waals surface area contributed by atoms with Gasteiger partial charge >= 0.3 is 0 Å². The monoisotopic (exact) mass is 190 g/mol. The molecule has 2 aromatic rings. The van der Waals surface area contributed by atoms with Crippen molar-refractivity contribution in [3.8, 4) is 11.5 Å². The Hall–Kier alpha value is -1.64. The number of nitrogens with zero attached hydrogens (tertiary/aromatic N) is 2. The van der Waals surface area contributed by atoms with Crippen molar-refractivity contribution in [3.63, 3.8) is 0 Å². The maximum atomic E-state index is 5.03. The Morgan fingerprint density at radius 1 is 1.07 bits per heavy atom. The third-order valence-corrected chi connectivity index (χ3v) is 1.83. The maximum absolute atomic E-state index is 5.03. The first-order valence-corrected chi connectivity index (χ1v) is 4.13. The van der Waals surface area contributed by atoms with E-state index in [0.717, 1.165) is 5.56 Å². The Kier molecular flexibility index (Phi) is 3.02. The molecule has 0 saturated heterocycles. The van der Waals surface area contributed by atoms with Crippen molar-refractivity contribution in [1.82, 2.24) is 10.1 Å². The zero-order chi connectivity index (χ0) is 9.26. The van der Waals surface area contributed by atoms with E-state index in [2.05, 4.69) is 10.1 Å². The van der Waals surface area contributed by atoms with Gasteiger partial charge in [-0.2, -0.15) is 4.98 Å². The van der Waals surface area contributed by atoms with Gasteiger partial charge in [0.2, 0.25) is 0 Å². The first kappa shape index (κ1) is 10.4. The highest BCUT2D eigenvalue weighted by atomic mass is 16.5. The lowest BCUT2D eigenvalue weighted by Gasteiger charge is -1.93. The van der Waals surface area contributed by atoms with Gasteiger partial charge in [-0.1, -0.05) is 30.3 Å². The molecule has 74 valence electrons. The number of rotatable bonds is 1. The van der Waals surface area contributed by atoms with Crippen molar-refractivity contribution >= 4 is 0 Å². The van der Waals surface area contributed by atoms with Crippen LogP contribution in [0.1, 0.15) is 18.8 Å². The highest BCUT2D eigenvalue weighted by Gasteiger charge is 2.04. The van der Waals surface area contributed by atoms with Crippen LogP contribution < -0.4 is 0 Å². The summed E-state index contributed by atoms with van der Waals surface area (Å²) in [5.41, 5.74) is 2.19. The minimum absolute atomic E-state index is 0. The topological polar surface area (TPSA) is 38.9 Å². The van der Waals surface area contributed by atoms with Crippen LogP contribution in [-0.2, 0) is 0 Å². The first-order valence-electron chi connectivity index (χ1n) is 4.13. The third kappa shape index (κ3) is 1.99. The molecule has 0 aliphatic rings. The molecule has 1 heterocycles. The molecule has 0 spiro atoms. The highest BCUT2D eigenvalue weighted by Crippen LogP contribution is 2.16. The van der Waals surface area contributed by atoms with E-state index < -0.39 is 0 Å². The van der Waals surface area contributed by atoms with E-state index in [1.165, 1.54) is 5.56 Å². The lowest BCUT2D eigenvalue weighted by Crippen LogP contribution is -1.78. The van der Waals surface area contributed by atoms with Crippen LogP contribution >= 0.6 is 0 Å². The molecule has 0 unspecified atom stereocenters. The Bertz CT molecular complexity index is 403. The van der Waals surface area contributed by atoms with Crippen LogP contribution in [0, 0.1) is 13.8 Å². The first-order chi connectivity index (χ1) is 6.25. The van der Waals surface area contributed by atoms with Crippen molar-refractivity contribution in [2.24, 2.45) is 0 Å². The molecule has 0 radical (unpaired) electrons. The van der Waals surface area contributed by atoms with Gasteiger partial charge in [0, 0.05) is 5.56 Å². The quantitative estimate of drug-likeness (QED) is 0.693. The average Bonchev–Trinajstić information content (AvgIpc) is 2.53. The third-order valence-electron chi connectivity index (χ3n) is 1.83. The molecule has 2 rings (SSSR count). The van der Waals surface area contributed by atoms with Crippen molar-refractivity contribution in [2.75, 3.05) is 0 Å². The molecule has 0 amide bonds. The summed E-state index contributed by atoms with van der Waals surface area (Å²) in [5, 5.41) is 3.73. The molecule has 0 N–H and O–H groups in total. The van der Waals surface area contributed by atoms with Crippen molar-refractivity contribution < 1.29 is 4.52 Å². The summed E-state index contributed by atoms with van der Waals surface area (Å²) in [6.45, 7) is 3.85. The van der Waals surface area contributed by atoms with Gasteiger partial charge in [0.1, 0.15) is 0 Å². The second-order valence-corrected chi connectivity index (χ2v) is 3.01. The fourth-order valence-corrected chi connectivity index (χ4v) is 1.11. The van der Waals surface area contributed by atoms with Crippen molar-refractivity contribution in [3.05, 3.63) is 35.7 Å². The van der Waals surface area contributed by atoms with Crippen LogP contribution in [0.2, 0.25) is 0 Å². The van der Waals surface area contributed by atoms with Gasteiger partial charge in [0.15, 0.2) is 5.82 Å².